The molecule has 19 heavy (non-hydrogen) atoms. The maximum atomic E-state index is 5.43. The van der Waals surface area contributed by atoms with Crippen molar-refractivity contribution in [3.63, 3.8) is 0 Å². The molecule has 0 bridgehead atoms. The van der Waals surface area contributed by atoms with Crippen LogP contribution in [0.4, 0.5) is 0 Å². The van der Waals surface area contributed by atoms with Crippen LogP contribution in [0.3, 0.4) is 0 Å². The first-order valence-corrected chi connectivity index (χ1v) is 7.46. The van der Waals surface area contributed by atoms with Gasteiger partial charge < -0.3 is 14.4 Å². The van der Waals surface area contributed by atoms with Crippen LogP contribution in [0, 0.1) is 5.92 Å². The zero-order valence-electron chi connectivity index (χ0n) is 11.7. The molecule has 0 saturated carbocycles. The van der Waals surface area contributed by atoms with E-state index in [0.29, 0.717) is 6.79 Å². The highest BCUT2D eigenvalue weighted by atomic mass is 16.7. The van der Waals surface area contributed by atoms with Crippen molar-refractivity contribution < 1.29 is 9.47 Å². The molecule has 2 aliphatic rings. The van der Waals surface area contributed by atoms with E-state index in [4.69, 9.17) is 9.47 Å². The lowest BCUT2D eigenvalue weighted by atomic mass is 9.95. The lowest BCUT2D eigenvalue weighted by molar-refractivity contribution is 0.172. The fourth-order valence-electron chi connectivity index (χ4n) is 3.07. The first-order chi connectivity index (χ1) is 9.35. The molecule has 3 heteroatoms. The molecular weight excluding hydrogens is 238 g/mol. The molecule has 2 aliphatic heterocycles. The van der Waals surface area contributed by atoms with Gasteiger partial charge in [-0.25, -0.2) is 0 Å². The highest BCUT2D eigenvalue weighted by Crippen LogP contribution is 2.32. The van der Waals surface area contributed by atoms with Gasteiger partial charge in [-0.1, -0.05) is 19.4 Å². The van der Waals surface area contributed by atoms with Crippen molar-refractivity contribution in [2.75, 3.05) is 26.4 Å². The van der Waals surface area contributed by atoms with Crippen molar-refractivity contribution in [3.05, 3.63) is 23.8 Å². The van der Waals surface area contributed by atoms with E-state index >= 15 is 0 Å². The van der Waals surface area contributed by atoms with Gasteiger partial charge in [0.05, 0.1) is 0 Å². The molecular formula is C16H23NO2. The SMILES string of the molecule is CC[C@@H]1CCCN(CCc2ccc3c(c2)OCO3)C1. The second-order valence-electron chi connectivity index (χ2n) is 5.65. The van der Waals surface area contributed by atoms with E-state index in [1.165, 1.54) is 37.9 Å². The van der Waals surface area contributed by atoms with Gasteiger partial charge in [0.15, 0.2) is 11.5 Å². The van der Waals surface area contributed by atoms with Gasteiger partial charge in [0.25, 0.3) is 0 Å². The van der Waals surface area contributed by atoms with Crippen LogP contribution < -0.4 is 9.47 Å². The molecule has 3 rings (SSSR count). The average Bonchev–Trinajstić information content (AvgIpc) is 2.93. The smallest absolute Gasteiger partial charge is 0.231 e. The molecule has 0 amide bonds. The number of likely N-dealkylation sites (tertiary alicyclic amines) is 1. The topological polar surface area (TPSA) is 21.7 Å². The highest BCUT2D eigenvalue weighted by Gasteiger charge is 2.18. The molecule has 1 fully saturated rings. The third kappa shape index (κ3) is 3.03. The number of ether oxygens (including phenoxy) is 2. The van der Waals surface area contributed by atoms with E-state index in [9.17, 15) is 0 Å². The van der Waals surface area contributed by atoms with Crippen LogP contribution >= 0.6 is 0 Å². The molecule has 0 N–H and O–H groups in total. The van der Waals surface area contributed by atoms with E-state index in [-0.39, 0.29) is 0 Å². The van der Waals surface area contributed by atoms with Crippen molar-refractivity contribution in [1.82, 2.24) is 4.90 Å². The van der Waals surface area contributed by atoms with E-state index in [2.05, 4.69) is 24.0 Å². The summed E-state index contributed by atoms with van der Waals surface area (Å²) in [7, 11) is 0. The monoisotopic (exact) mass is 261 g/mol. The molecule has 0 aliphatic carbocycles. The number of rotatable bonds is 4. The minimum Gasteiger partial charge on any atom is -0.454 e. The van der Waals surface area contributed by atoms with Crippen molar-refractivity contribution in [1.29, 1.82) is 0 Å². The molecule has 1 atom stereocenters. The van der Waals surface area contributed by atoms with Crippen molar-refractivity contribution >= 4 is 0 Å². The molecule has 0 aromatic heterocycles. The van der Waals surface area contributed by atoms with Crippen LogP contribution in [0.2, 0.25) is 0 Å². The van der Waals surface area contributed by atoms with Gasteiger partial charge in [-0.05, 0) is 49.4 Å². The molecule has 1 aromatic carbocycles. The maximum absolute atomic E-state index is 5.43. The minimum atomic E-state index is 0.364. The molecule has 3 nitrogen and oxygen atoms in total. The number of nitrogens with zero attached hydrogens (tertiary/aromatic N) is 1. The summed E-state index contributed by atoms with van der Waals surface area (Å²) in [5.41, 5.74) is 1.35. The van der Waals surface area contributed by atoms with Crippen molar-refractivity contribution in [2.45, 2.75) is 32.6 Å². The van der Waals surface area contributed by atoms with Gasteiger partial charge in [-0.2, -0.15) is 0 Å². The summed E-state index contributed by atoms with van der Waals surface area (Å²) in [5, 5.41) is 0. The third-order valence-electron chi connectivity index (χ3n) is 4.33. The fraction of sp³-hybridized carbons (Fsp3) is 0.625. The second-order valence-corrected chi connectivity index (χ2v) is 5.65. The Kier molecular flexibility index (Phi) is 3.92. The highest BCUT2D eigenvalue weighted by molar-refractivity contribution is 5.44. The number of benzene rings is 1. The maximum Gasteiger partial charge on any atom is 0.231 e. The van der Waals surface area contributed by atoms with Crippen LogP contribution in [0.5, 0.6) is 11.5 Å². The van der Waals surface area contributed by atoms with Crippen molar-refractivity contribution in [3.8, 4) is 11.5 Å². The van der Waals surface area contributed by atoms with Gasteiger partial charge in [-0.3, -0.25) is 0 Å². The average molecular weight is 261 g/mol. The van der Waals surface area contributed by atoms with Crippen LogP contribution in [0.15, 0.2) is 18.2 Å². The fourth-order valence-corrected chi connectivity index (χ4v) is 3.07. The Labute approximate surface area is 115 Å². The van der Waals surface area contributed by atoms with Gasteiger partial charge in [0.1, 0.15) is 0 Å². The number of hydrogen-bond donors (Lipinski definition) is 0. The molecule has 1 saturated heterocycles. The van der Waals surface area contributed by atoms with Gasteiger partial charge in [-0.15, -0.1) is 0 Å². The Balaban J connectivity index is 1.54. The van der Waals surface area contributed by atoms with Gasteiger partial charge in [0, 0.05) is 13.1 Å². The summed E-state index contributed by atoms with van der Waals surface area (Å²) >= 11 is 0. The van der Waals surface area contributed by atoms with Gasteiger partial charge in [0.2, 0.25) is 6.79 Å². The summed E-state index contributed by atoms with van der Waals surface area (Å²) in [6.45, 7) is 6.38. The summed E-state index contributed by atoms with van der Waals surface area (Å²) < 4.78 is 10.8. The Hall–Kier alpha value is -1.22. The third-order valence-corrected chi connectivity index (χ3v) is 4.33. The zero-order valence-corrected chi connectivity index (χ0v) is 11.7. The number of fused-ring (bicyclic) bond motifs is 1. The molecule has 104 valence electrons. The Morgan fingerprint density at radius 2 is 2.16 bits per heavy atom. The molecule has 0 unspecified atom stereocenters. The Morgan fingerprint density at radius 1 is 1.26 bits per heavy atom. The summed E-state index contributed by atoms with van der Waals surface area (Å²) in [5.74, 6) is 2.70. The summed E-state index contributed by atoms with van der Waals surface area (Å²) in [6.07, 6.45) is 5.20. The van der Waals surface area contributed by atoms with Crippen molar-refractivity contribution in [2.24, 2.45) is 5.92 Å². The summed E-state index contributed by atoms with van der Waals surface area (Å²) in [6, 6.07) is 6.32. The quantitative estimate of drug-likeness (QED) is 0.831. The molecule has 0 spiro atoms. The van der Waals surface area contributed by atoms with Crippen LogP contribution in [-0.4, -0.2) is 31.3 Å². The normalized spacial score (nSPS) is 22.7. The molecule has 2 heterocycles. The number of piperidine rings is 1. The zero-order chi connectivity index (χ0) is 13.1. The van der Waals surface area contributed by atoms with Crippen LogP contribution in [0.1, 0.15) is 31.7 Å². The van der Waals surface area contributed by atoms with E-state index < -0.39 is 0 Å². The van der Waals surface area contributed by atoms with E-state index in [1.54, 1.807) is 0 Å². The number of hydrogen-bond acceptors (Lipinski definition) is 3. The van der Waals surface area contributed by atoms with Crippen LogP contribution in [-0.2, 0) is 6.42 Å². The lowest BCUT2D eigenvalue weighted by Crippen LogP contribution is -2.36. The largest absolute Gasteiger partial charge is 0.454 e. The van der Waals surface area contributed by atoms with E-state index in [0.717, 1.165) is 30.4 Å². The van der Waals surface area contributed by atoms with E-state index in [1.807, 2.05) is 6.07 Å². The molecule has 1 aromatic rings. The first-order valence-electron chi connectivity index (χ1n) is 7.46. The predicted molar refractivity (Wildman–Crippen MR) is 75.7 cm³/mol. The standard InChI is InChI=1S/C16H23NO2/c1-2-13-4-3-8-17(11-13)9-7-14-5-6-15-16(10-14)19-12-18-15/h5-6,10,13H,2-4,7-9,11-12H2,1H3/t13-/m1/s1. The molecule has 0 radical (unpaired) electrons. The summed E-state index contributed by atoms with van der Waals surface area (Å²) in [4.78, 5) is 2.61. The Morgan fingerprint density at radius 3 is 3.05 bits per heavy atom. The Bertz CT molecular complexity index is 433. The first kappa shape index (κ1) is 12.8. The predicted octanol–water partition coefficient (Wildman–Crippen LogP) is 3.08. The van der Waals surface area contributed by atoms with Gasteiger partial charge >= 0.3 is 0 Å². The lowest BCUT2D eigenvalue weighted by Gasteiger charge is -2.32. The van der Waals surface area contributed by atoms with Crippen LogP contribution in [0.25, 0.3) is 0 Å². The second kappa shape index (κ2) is 5.83. The minimum absolute atomic E-state index is 0.364.